The van der Waals surface area contributed by atoms with Crippen molar-refractivity contribution in [3.8, 4) is 0 Å². The molecule has 1 aromatic carbocycles. The molecule has 10 heteroatoms. The van der Waals surface area contributed by atoms with Crippen molar-refractivity contribution in [2.45, 2.75) is 19.8 Å². The maximum absolute atomic E-state index is 12.9. The molecule has 0 bridgehead atoms. The molecule has 0 spiro atoms. The number of benzene rings is 1. The lowest BCUT2D eigenvalue weighted by molar-refractivity contribution is -0.151. The van der Waals surface area contributed by atoms with E-state index in [-0.39, 0.29) is 18.8 Å². The van der Waals surface area contributed by atoms with Gasteiger partial charge in [-0.1, -0.05) is 0 Å². The van der Waals surface area contributed by atoms with Crippen LogP contribution in [0.3, 0.4) is 0 Å². The van der Waals surface area contributed by atoms with Crippen molar-refractivity contribution in [2.24, 2.45) is 5.92 Å². The van der Waals surface area contributed by atoms with Crippen LogP contribution < -0.4 is 5.32 Å². The Bertz CT molecular complexity index is 825. The molecule has 0 aliphatic carbocycles. The second-order valence-electron chi connectivity index (χ2n) is 6.52. The molecule has 0 saturated carbocycles. The van der Waals surface area contributed by atoms with Crippen LogP contribution in [0.2, 0.25) is 0 Å². The summed E-state index contributed by atoms with van der Waals surface area (Å²) in [5.74, 6) is -4.52. The number of amides is 2. The Balaban J connectivity index is 1.89. The first-order chi connectivity index (χ1) is 13.2. The lowest BCUT2D eigenvalue weighted by Crippen LogP contribution is -2.45. The van der Waals surface area contributed by atoms with Gasteiger partial charge in [-0.2, -0.15) is 0 Å². The number of carbonyl (C=O) groups is 3. The molecule has 1 atom stereocenters. The Morgan fingerprint density at radius 3 is 2.54 bits per heavy atom. The van der Waals surface area contributed by atoms with Crippen molar-refractivity contribution in [3.63, 3.8) is 0 Å². The van der Waals surface area contributed by atoms with E-state index in [0.29, 0.717) is 19.4 Å². The number of hydrogen-bond donors (Lipinski definition) is 1. The van der Waals surface area contributed by atoms with Crippen molar-refractivity contribution in [1.82, 2.24) is 4.90 Å². The first-order valence-corrected chi connectivity index (χ1v) is 10.7. The van der Waals surface area contributed by atoms with Gasteiger partial charge in [-0.3, -0.25) is 14.4 Å². The maximum atomic E-state index is 12.9. The Labute approximate surface area is 163 Å². The highest BCUT2D eigenvalue weighted by atomic mass is 32.2. The second-order valence-corrected chi connectivity index (χ2v) is 8.58. The smallest absolute Gasteiger partial charge is 0.310 e. The summed E-state index contributed by atoms with van der Waals surface area (Å²) in [7, 11) is -4.00. The van der Waals surface area contributed by atoms with Crippen molar-refractivity contribution < 1.29 is 31.9 Å². The van der Waals surface area contributed by atoms with Gasteiger partial charge in [0.2, 0.25) is 11.8 Å². The van der Waals surface area contributed by atoms with Crippen LogP contribution in [-0.2, 0) is 29.0 Å². The summed E-state index contributed by atoms with van der Waals surface area (Å²) in [6.45, 7) is 2.38. The van der Waals surface area contributed by atoms with E-state index in [4.69, 9.17) is 4.74 Å². The highest BCUT2D eigenvalue weighted by Gasteiger charge is 2.31. The van der Waals surface area contributed by atoms with Crippen LogP contribution in [0, 0.1) is 11.7 Å². The minimum atomic E-state index is -4.00. The van der Waals surface area contributed by atoms with Crippen LogP contribution >= 0.6 is 0 Å². The molecule has 1 N–H and O–H groups in total. The first-order valence-electron chi connectivity index (χ1n) is 8.90. The minimum Gasteiger partial charge on any atom is -0.466 e. The van der Waals surface area contributed by atoms with E-state index in [0.717, 1.165) is 12.1 Å². The number of sulfone groups is 1. The predicted octanol–water partition coefficient (Wildman–Crippen LogP) is 0.981. The number of ether oxygens (including phenoxy) is 1. The molecular weight excluding hydrogens is 391 g/mol. The summed E-state index contributed by atoms with van der Waals surface area (Å²) in [4.78, 5) is 37.4. The number of likely N-dealkylation sites (tertiary alicyclic amines) is 1. The van der Waals surface area contributed by atoms with Gasteiger partial charge in [0.05, 0.1) is 12.5 Å². The molecule has 8 nitrogen and oxygen atoms in total. The fraction of sp³-hybridized carbons (Fsp3) is 0.500. The van der Waals surface area contributed by atoms with Gasteiger partial charge in [0.1, 0.15) is 17.3 Å². The molecule has 1 fully saturated rings. The third kappa shape index (κ3) is 6.59. The standard InChI is InChI=1S/C18H23FN2O6S/c1-2-27-18(24)13-4-3-9-21(10-13)17(23)12-28(25,26)11-16(22)20-15-7-5-14(19)6-8-15/h5-8,13H,2-4,9-12H2,1H3,(H,20,22). The van der Waals surface area contributed by atoms with E-state index < -0.39 is 50.9 Å². The van der Waals surface area contributed by atoms with Crippen LogP contribution in [-0.4, -0.2) is 62.3 Å². The summed E-state index contributed by atoms with van der Waals surface area (Å²) in [5.41, 5.74) is 0.251. The number of nitrogens with one attached hydrogen (secondary N) is 1. The maximum Gasteiger partial charge on any atom is 0.310 e. The third-order valence-corrected chi connectivity index (χ3v) is 5.61. The van der Waals surface area contributed by atoms with E-state index >= 15 is 0 Å². The zero-order valence-electron chi connectivity index (χ0n) is 15.5. The summed E-state index contributed by atoms with van der Waals surface area (Å²) in [6, 6.07) is 4.86. The molecule has 1 unspecified atom stereocenters. The van der Waals surface area contributed by atoms with Crippen molar-refractivity contribution in [2.75, 3.05) is 36.5 Å². The Kier molecular flexibility index (Phi) is 7.50. The largest absolute Gasteiger partial charge is 0.466 e. The van der Waals surface area contributed by atoms with Crippen LogP contribution in [0.5, 0.6) is 0 Å². The van der Waals surface area contributed by atoms with Crippen molar-refractivity contribution in [1.29, 1.82) is 0 Å². The lowest BCUT2D eigenvalue weighted by atomic mass is 9.98. The van der Waals surface area contributed by atoms with Crippen LogP contribution in [0.25, 0.3) is 0 Å². The van der Waals surface area contributed by atoms with Gasteiger partial charge in [-0.15, -0.1) is 0 Å². The van der Waals surface area contributed by atoms with E-state index in [1.807, 2.05) is 0 Å². The fourth-order valence-corrected chi connectivity index (χ4v) is 4.05. The van der Waals surface area contributed by atoms with Gasteiger partial charge in [-0.25, -0.2) is 12.8 Å². The number of rotatable bonds is 7. The molecule has 1 saturated heterocycles. The highest BCUT2D eigenvalue weighted by Crippen LogP contribution is 2.18. The van der Waals surface area contributed by atoms with Crippen LogP contribution in [0.4, 0.5) is 10.1 Å². The van der Waals surface area contributed by atoms with Gasteiger partial charge in [0.15, 0.2) is 9.84 Å². The molecule has 28 heavy (non-hydrogen) atoms. The topological polar surface area (TPSA) is 110 Å². The number of halogens is 1. The molecule has 1 aliphatic heterocycles. The zero-order chi connectivity index (χ0) is 20.7. The number of esters is 1. The van der Waals surface area contributed by atoms with Crippen LogP contribution in [0.15, 0.2) is 24.3 Å². The Morgan fingerprint density at radius 2 is 1.89 bits per heavy atom. The zero-order valence-corrected chi connectivity index (χ0v) is 16.3. The summed E-state index contributed by atoms with van der Waals surface area (Å²) >= 11 is 0. The SMILES string of the molecule is CCOC(=O)C1CCCN(C(=O)CS(=O)(=O)CC(=O)Nc2ccc(F)cc2)C1. The molecule has 154 valence electrons. The average molecular weight is 414 g/mol. The van der Waals surface area contributed by atoms with Gasteiger partial charge in [0, 0.05) is 18.8 Å². The quantitative estimate of drug-likeness (QED) is 0.666. The van der Waals surface area contributed by atoms with Gasteiger partial charge in [0.25, 0.3) is 0 Å². The fourth-order valence-electron chi connectivity index (χ4n) is 2.92. The molecule has 1 heterocycles. The van der Waals surface area contributed by atoms with E-state index in [1.165, 1.54) is 17.0 Å². The second kappa shape index (κ2) is 9.63. The molecule has 2 rings (SSSR count). The summed E-state index contributed by atoms with van der Waals surface area (Å²) in [5, 5.41) is 2.34. The lowest BCUT2D eigenvalue weighted by Gasteiger charge is -2.31. The van der Waals surface area contributed by atoms with Crippen molar-refractivity contribution in [3.05, 3.63) is 30.1 Å². The number of anilines is 1. The molecule has 1 aliphatic rings. The Hall–Kier alpha value is -2.49. The van der Waals surface area contributed by atoms with Crippen molar-refractivity contribution >= 4 is 33.3 Å². The normalized spacial score (nSPS) is 17.1. The summed E-state index contributed by atoms with van der Waals surface area (Å²) < 4.78 is 42.2. The molecule has 0 radical (unpaired) electrons. The third-order valence-electron chi connectivity index (χ3n) is 4.22. The molecule has 0 aromatic heterocycles. The Morgan fingerprint density at radius 1 is 1.21 bits per heavy atom. The minimum absolute atomic E-state index is 0.106. The van der Waals surface area contributed by atoms with Crippen LogP contribution in [0.1, 0.15) is 19.8 Å². The molecule has 1 aromatic rings. The van der Waals surface area contributed by atoms with E-state index in [9.17, 15) is 27.2 Å². The number of carbonyl (C=O) groups excluding carboxylic acids is 3. The number of hydrogen-bond acceptors (Lipinski definition) is 6. The van der Waals surface area contributed by atoms with E-state index in [1.54, 1.807) is 6.92 Å². The van der Waals surface area contributed by atoms with Gasteiger partial charge >= 0.3 is 5.97 Å². The average Bonchev–Trinajstić information content (AvgIpc) is 2.63. The highest BCUT2D eigenvalue weighted by molar-refractivity contribution is 7.92. The number of nitrogens with zero attached hydrogens (tertiary/aromatic N) is 1. The number of piperidine rings is 1. The van der Waals surface area contributed by atoms with Gasteiger partial charge in [-0.05, 0) is 44.0 Å². The summed E-state index contributed by atoms with van der Waals surface area (Å²) in [6.07, 6.45) is 1.15. The first kappa shape index (κ1) is 21.8. The molecular formula is C18H23FN2O6S. The van der Waals surface area contributed by atoms with E-state index in [2.05, 4.69) is 5.32 Å². The molecule has 2 amide bonds. The predicted molar refractivity (Wildman–Crippen MR) is 99.6 cm³/mol. The monoisotopic (exact) mass is 414 g/mol. The van der Waals surface area contributed by atoms with Gasteiger partial charge < -0.3 is 15.0 Å².